The number of ether oxygens (including phenoxy) is 1. The van der Waals surface area contributed by atoms with Crippen LogP contribution in [-0.4, -0.2) is 43.6 Å². The monoisotopic (exact) mass is 229 g/mol. The van der Waals surface area contributed by atoms with E-state index in [1.54, 1.807) is 0 Å². The van der Waals surface area contributed by atoms with E-state index in [4.69, 9.17) is 9.84 Å². The highest BCUT2D eigenvalue weighted by atomic mass is 19.4. The van der Waals surface area contributed by atoms with Crippen LogP contribution in [0.3, 0.4) is 0 Å². The first-order valence-corrected chi connectivity index (χ1v) is 4.41. The summed E-state index contributed by atoms with van der Waals surface area (Å²) < 4.78 is 39.8. The Balaban J connectivity index is 3.49. The summed E-state index contributed by atoms with van der Waals surface area (Å²) in [5.41, 5.74) is 0. The minimum Gasteiger partial charge on any atom is -0.480 e. The van der Waals surface area contributed by atoms with Gasteiger partial charge in [0.2, 0.25) is 0 Å². The molecule has 0 aliphatic carbocycles. The molecule has 1 unspecified atom stereocenters. The van der Waals surface area contributed by atoms with Crippen LogP contribution in [-0.2, 0) is 9.53 Å². The van der Waals surface area contributed by atoms with Crippen molar-refractivity contribution in [2.24, 2.45) is 0 Å². The van der Waals surface area contributed by atoms with Crippen LogP contribution < -0.4 is 5.32 Å². The van der Waals surface area contributed by atoms with E-state index in [2.05, 4.69) is 5.32 Å². The van der Waals surface area contributed by atoms with Gasteiger partial charge in [0.05, 0.1) is 6.61 Å². The summed E-state index contributed by atoms with van der Waals surface area (Å²) in [6.45, 7) is -0.228. The molecule has 4 nitrogen and oxygen atoms in total. The first-order valence-electron chi connectivity index (χ1n) is 4.41. The fourth-order valence-electron chi connectivity index (χ4n) is 0.854. The van der Waals surface area contributed by atoms with Crippen molar-refractivity contribution in [3.8, 4) is 0 Å². The number of nitrogens with one attached hydrogen (secondary N) is 1. The summed E-state index contributed by atoms with van der Waals surface area (Å²) in [5, 5.41) is 11.0. The minimum absolute atomic E-state index is 0.0923. The van der Waals surface area contributed by atoms with E-state index in [0.29, 0.717) is 0 Å². The highest BCUT2D eigenvalue weighted by Crippen LogP contribution is 2.20. The summed E-state index contributed by atoms with van der Waals surface area (Å²) in [4.78, 5) is 10.4. The topological polar surface area (TPSA) is 58.6 Å². The fraction of sp³-hybridized carbons (Fsp3) is 0.875. The number of carbonyl (C=O) groups is 1. The Morgan fingerprint density at radius 1 is 1.53 bits per heavy atom. The van der Waals surface area contributed by atoms with Gasteiger partial charge in [-0.25, -0.2) is 0 Å². The highest BCUT2D eigenvalue weighted by molar-refractivity contribution is 5.73. The van der Waals surface area contributed by atoms with Gasteiger partial charge in [-0.1, -0.05) is 0 Å². The van der Waals surface area contributed by atoms with Crippen molar-refractivity contribution < 1.29 is 27.8 Å². The second-order valence-corrected chi connectivity index (χ2v) is 2.97. The van der Waals surface area contributed by atoms with Crippen LogP contribution in [0.25, 0.3) is 0 Å². The van der Waals surface area contributed by atoms with Gasteiger partial charge in [0, 0.05) is 13.0 Å². The lowest BCUT2D eigenvalue weighted by molar-refractivity contribution is -0.143. The predicted molar refractivity (Wildman–Crippen MR) is 46.6 cm³/mol. The molecule has 7 heteroatoms. The van der Waals surface area contributed by atoms with Gasteiger partial charge in [-0.05, 0) is 13.5 Å². The fourth-order valence-corrected chi connectivity index (χ4v) is 0.854. The molecule has 0 radical (unpaired) electrons. The number of carboxylic acid groups (broad SMARTS) is 1. The Morgan fingerprint density at radius 2 is 2.13 bits per heavy atom. The average molecular weight is 229 g/mol. The molecule has 0 bridgehead atoms. The summed E-state index contributed by atoms with van der Waals surface area (Å²) >= 11 is 0. The number of hydrogen-bond donors (Lipinski definition) is 2. The maximum absolute atomic E-state index is 11.7. The van der Waals surface area contributed by atoms with Gasteiger partial charge in [-0.3, -0.25) is 4.79 Å². The van der Waals surface area contributed by atoms with Gasteiger partial charge in [0.25, 0.3) is 0 Å². The van der Waals surface area contributed by atoms with Crippen LogP contribution in [0.1, 0.15) is 12.8 Å². The minimum atomic E-state index is -4.18. The summed E-state index contributed by atoms with van der Waals surface area (Å²) in [7, 11) is 1.44. The molecule has 1 atom stereocenters. The van der Waals surface area contributed by atoms with Gasteiger partial charge in [-0.2, -0.15) is 13.2 Å². The third-order valence-electron chi connectivity index (χ3n) is 1.68. The molecule has 90 valence electrons. The molecule has 15 heavy (non-hydrogen) atoms. The SMILES string of the molecule is CNC(COCCCC(F)(F)F)C(=O)O. The van der Waals surface area contributed by atoms with Gasteiger partial charge in [-0.15, -0.1) is 0 Å². The van der Waals surface area contributed by atoms with Crippen molar-refractivity contribution in [3.63, 3.8) is 0 Å². The summed E-state index contributed by atoms with van der Waals surface area (Å²) in [6, 6.07) is -0.879. The zero-order chi connectivity index (χ0) is 11.9. The Kier molecular flexibility index (Phi) is 6.26. The van der Waals surface area contributed by atoms with Crippen LogP contribution in [0.2, 0.25) is 0 Å². The van der Waals surface area contributed by atoms with E-state index in [-0.39, 0.29) is 19.6 Å². The molecule has 0 aromatic carbocycles. The molecule has 0 aliphatic rings. The van der Waals surface area contributed by atoms with Crippen molar-refractivity contribution in [2.45, 2.75) is 25.1 Å². The number of rotatable bonds is 7. The van der Waals surface area contributed by atoms with Crippen molar-refractivity contribution in [2.75, 3.05) is 20.3 Å². The average Bonchev–Trinajstić information content (AvgIpc) is 2.08. The predicted octanol–water partition coefficient (Wildman–Crippen LogP) is 1.02. The van der Waals surface area contributed by atoms with Crippen LogP contribution in [0.4, 0.5) is 13.2 Å². The molecule has 0 saturated heterocycles. The lowest BCUT2D eigenvalue weighted by atomic mass is 10.3. The maximum atomic E-state index is 11.7. The Hall–Kier alpha value is -0.820. The van der Waals surface area contributed by atoms with Gasteiger partial charge >= 0.3 is 12.1 Å². The second-order valence-electron chi connectivity index (χ2n) is 2.97. The molecule has 0 amide bonds. The highest BCUT2D eigenvalue weighted by Gasteiger charge is 2.26. The molecule has 0 spiro atoms. The number of alkyl halides is 3. The van der Waals surface area contributed by atoms with Crippen molar-refractivity contribution >= 4 is 5.97 Å². The number of likely N-dealkylation sites (N-methyl/N-ethyl adjacent to an activating group) is 1. The van der Waals surface area contributed by atoms with E-state index in [1.165, 1.54) is 7.05 Å². The van der Waals surface area contributed by atoms with Crippen LogP contribution in [0, 0.1) is 0 Å². The zero-order valence-corrected chi connectivity index (χ0v) is 8.30. The number of carboxylic acids is 1. The Labute approximate surface area is 85.4 Å². The van der Waals surface area contributed by atoms with Crippen LogP contribution >= 0.6 is 0 Å². The van der Waals surface area contributed by atoms with E-state index in [9.17, 15) is 18.0 Å². The molecule has 0 aromatic rings. The van der Waals surface area contributed by atoms with Gasteiger partial charge < -0.3 is 15.2 Å². The van der Waals surface area contributed by atoms with E-state index < -0.39 is 24.6 Å². The van der Waals surface area contributed by atoms with E-state index in [1.807, 2.05) is 0 Å². The van der Waals surface area contributed by atoms with Crippen molar-refractivity contribution in [1.29, 1.82) is 0 Å². The molecule has 0 heterocycles. The molecule has 0 aromatic heterocycles. The van der Waals surface area contributed by atoms with Crippen LogP contribution in [0.5, 0.6) is 0 Å². The standard InChI is InChI=1S/C8H14F3NO3/c1-12-6(7(13)14)5-15-4-2-3-8(9,10)11/h6,12H,2-5H2,1H3,(H,13,14). The third-order valence-corrected chi connectivity index (χ3v) is 1.68. The lowest BCUT2D eigenvalue weighted by Crippen LogP contribution is -2.38. The molecule has 0 rings (SSSR count). The number of halogens is 3. The van der Waals surface area contributed by atoms with E-state index in [0.717, 1.165) is 0 Å². The first kappa shape index (κ1) is 14.2. The molecule has 2 N–H and O–H groups in total. The summed E-state index contributed by atoms with van der Waals surface area (Å²) in [6.07, 6.45) is -5.25. The molecule has 0 fully saturated rings. The van der Waals surface area contributed by atoms with E-state index >= 15 is 0 Å². The lowest BCUT2D eigenvalue weighted by Gasteiger charge is -2.11. The van der Waals surface area contributed by atoms with Gasteiger partial charge in [0.15, 0.2) is 0 Å². The summed E-state index contributed by atoms with van der Waals surface area (Å²) in [5.74, 6) is -1.09. The normalized spacial score (nSPS) is 13.9. The Morgan fingerprint density at radius 3 is 2.53 bits per heavy atom. The van der Waals surface area contributed by atoms with Crippen LogP contribution in [0.15, 0.2) is 0 Å². The van der Waals surface area contributed by atoms with Crippen molar-refractivity contribution in [3.05, 3.63) is 0 Å². The smallest absolute Gasteiger partial charge is 0.389 e. The quantitative estimate of drug-likeness (QED) is 0.640. The molecule has 0 saturated carbocycles. The second kappa shape index (κ2) is 6.62. The Bertz CT molecular complexity index is 196. The number of aliphatic carboxylic acids is 1. The zero-order valence-electron chi connectivity index (χ0n) is 8.30. The largest absolute Gasteiger partial charge is 0.480 e. The molecular weight excluding hydrogens is 215 g/mol. The first-order chi connectivity index (χ1) is 6.87. The van der Waals surface area contributed by atoms with Gasteiger partial charge in [0.1, 0.15) is 6.04 Å². The third kappa shape index (κ3) is 8.19. The molecular formula is C8H14F3NO3. The van der Waals surface area contributed by atoms with Crippen molar-refractivity contribution in [1.82, 2.24) is 5.32 Å². The molecule has 0 aliphatic heterocycles. The number of hydrogen-bond acceptors (Lipinski definition) is 3. The maximum Gasteiger partial charge on any atom is 0.389 e.